The first-order chi connectivity index (χ1) is 8.74. The van der Waals surface area contributed by atoms with Crippen LogP contribution in [0.2, 0.25) is 0 Å². The fourth-order valence-corrected chi connectivity index (χ4v) is 2.36. The Balaban J connectivity index is 1.79. The van der Waals surface area contributed by atoms with E-state index in [0.717, 1.165) is 22.9 Å². The number of tetrazole rings is 1. The van der Waals surface area contributed by atoms with Crippen molar-refractivity contribution in [3.05, 3.63) is 24.0 Å². The molecule has 1 aliphatic carbocycles. The van der Waals surface area contributed by atoms with Gasteiger partial charge >= 0.3 is 0 Å². The zero-order valence-electron chi connectivity index (χ0n) is 9.78. The minimum Gasteiger partial charge on any atom is -0.293 e. The van der Waals surface area contributed by atoms with Gasteiger partial charge in [-0.05, 0) is 47.2 Å². The number of ketones is 1. The van der Waals surface area contributed by atoms with Crippen molar-refractivity contribution in [1.29, 1.82) is 0 Å². The third-order valence-corrected chi connectivity index (χ3v) is 3.59. The molecule has 2 heterocycles. The van der Waals surface area contributed by atoms with Gasteiger partial charge in [-0.3, -0.25) is 9.78 Å². The summed E-state index contributed by atoms with van der Waals surface area (Å²) >= 11 is 1.46. The van der Waals surface area contributed by atoms with Crippen LogP contribution in [-0.2, 0) is 0 Å². The highest BCUT2D eigenvalue weighted by Crippen LogP contribution is 2.37. The zero-order chi connectivity index (χ0) is 12.5. The largest absolute Gasteiger partial charge is 0.293 e. The summed E-state index contributed by atoms with van der Waals surface area (Å²) in [6.45, 7) is 1.50. The van der Waals surface area contributed by atoms with Crippen molar-refractivity contribution in [2.45, 2.75) is 35.9 Å². The number of carbonyl (C=O) groups is 1. The predicted molar refractivity (Wildman–Crippen MR) is 64.5 cm³/mol. The lowest BCUT2D eigenvalue weighted by atomic mass is 10.3. The van der Waals surface area contributed by atoms with Crippen LogP contribution in [0.3, 0.4) is 0 Å². The molecule has 0 N–H and O–H groups in total. The normalized spacial score (nSPS) is 14.7. The maximum atomic E-state index is 11.1. The number of aromatic nitrogens is 5. The van der Waals surface area contributed by atoms with Crippen LogP contribution in [0.4, 0.5) is 0 Å². The molecule has 0 bridgehead atoms. The van der Waals surface area contributed by atoms with Gasteiger partial charge in [0.15, 0.2) is 5.78 Å². The van der Waals surface area contributed by atoms with E-state index >= 15 is 0 Å². The number of rotatable bonds is 4. The highest BCUT2D eigenvalue weighted by Gasteiger charge is 2.28. The lowest BCUT2D eigenvalue weighted by molar-refractivity contribution is 0.101. The van der Waals surface area contributed by atoms with Crippen molar-refractivity contribution >= 4 is 17.5 Å². The minimum absolute atomic E-state index is 0.0330. The quantitative estimate of drug-likeness (QED) is 0.781. The van der Waals surface area contributed by atoms with E-state index in [-0.39, 0.29) is 5.78 Å². The van der Waals surface area contributed by atoms with Crippen LogP contribution in [0.25, 0.3) is 0 Å². The molecule has 2 aromatic rings. The second-order valence-electron chi connectivity index (χ2n) is 4.17. The molecule has 0 radical (unpaired) electrons. The highest BCUT2D eigenvalue weighted by molar-refractivity contribution is 7.99. The lowest BCUT2D eigenvalue weighted by Gasteiger charge is -2.02. The van der Waals surface area contributed by atoms with Crippen LogP contribution in [0.5, 0.6) is 0 Å². The molecule has 0 unspecified atom stereocenters. The maximum Gasteiger partial charge on any atom is 0.214 e. The van der Waals surface area contributed by atoms with Crippen LogP contribution in [-0.4, -0.2) is 31.0 Å². The fraction of sp³-hybridized carbons (Fsp3) is 0.364. The SMILES string of the molecule is CC(=O)c1ccc(Sc2nnnn2C2CC2)cn1. The van der Waals surface area contributed by atoms with Gasteiger partial charge in [0.2, 0.25) is 5.16 Å². The van der Waals surface area contributed by atoms with Crippen LogP contribution >= 0.6 is 11.8 Å². The van der Waals surface area contributed by atoms with E-state index in [0.29, 0.717) is 11.7 Å². The van der Waals surface area contributed by atoms with Crippen LogP contribution in [0.1, 0.15) is 36.3 Å². The van der Waals surface area contributed by atoms with Gasteiger partial charge in [0, 0.05) is 18.0 Å². The Labute approximate surface area is 108 Å². The summed E-state index contributed by atoms with van der Waals surface area (Å²) in [5.41, 5.74) is 0.473. The van der Waals surface area contributed by atoms with Crippen LogP contribution < -0.4 is 0 Å². The molecule has 0 aliphatic heterocycles. The molecule has 3 rings (SSSR count). The van der Waals surface area contributed by atoms with E-state index in [2.05, 4.69) is 20.5 Å². The van der Waals surface area contributed by atoms with Gasteiger partial charge in [-0.1, -0.05) is 0 Å². The summed E-state index contributed by atoms with van der Waals surface area (Å²) < 4.78 is 1.85. The highest BCUT2D eigenvalue weighted by atomic mass is 32.2. The molecule has 6 nitrogen and oxygen atoms in total. The minimum atomic E-state index is -0.0330. The molecule has 18 heavy (non-hydrogen) atoms. The molecule has 1 saturated carbocycles. The predicted octanol–water partition coefficient (Wildman–Crippen LogP) is 1.76. The van der Waals surface area contributed by atoms with E-state index < -0.39 is 0 Å². The molecule has 0 atom stereocenters. The van der Waals surface area contributed by atoms with E-state index in [4.69, 9.17) is 0 Å². The summed E-state index contributed by atoms with van der Waals surface area (Å²) in [5.74, 6) is -0.0330. The fourth-order valence-electron chi connectivity index (χ4n) is 1.56. The number of nitrogens with zero attached hydrogens (tertiary/aromatic N) is 5. The van der Waals surface area contributed by atoms with Crippen molar-refractivity contribution < 1.29 is 4.79 Å². The third kappa shape index (κ3) is 2.26. The Hall–Kier alpha value is -1.76. The maximum absolute atomic E-state index is 11.1. The summed E-state index contributed by atoms with van der Waals surface area (Å²) in [4.78, 5) is 16.1. The van der Waals surface area contributed by atoms with E-state index in [1.54, 1.807) is 12.3 Å². The van der Waals surface area contributed by atoms with Gasteiger partial charge in [-0.15, -0.1) is 5.10 Å². The smallest absolute Gasteiger partial charge is 0.214 e. The Morgan fingerprint density at radius 1 is 1.44 bits per heavy atom. The first-order valence-corrected chi connectivity index (χ1v) is 6.48. The molecule has 0 aromatic carbocycles. The number of hydrogen-bond acceptors (Lipinski definition) is 6. The second-order valence-corrected chi connectivity index (χ2v) is 5.22. The first-order valence-electron chi connectivity index (χ1n) is 5.67. The van der Waals surface area contributed by atoms with Crippen molar-refractivity contribution in [2.24, 2.45) is 0 Å². The molecule has 1 fully saturated rings. The molecular weight excluding hydrogens is 250 g/mol. The van der Waals surface area contributed by atoms with Gasteiger partial charge in [0.25, 0.3) is 0 Å². The van der Waals surface area contributed by atoms with Gasteiger partial charge in [-0.2, -0.15) is 0 Å². The number of Topliss-reactive ketones (excluding diaryl/α,β-unsaturated/α-hetero) is 1. The molecule has 7 heteroatoms. The molecule has 0 spiro atoms. The van der Waals surface area contributed by atoms with Crippen molar-refractivity contribution in [2.75, 3.05) is 0 Å². The van der Waals surface area contributed by atoms with Gasteiger partial charge in [0.1, 0.15) is 5.69 Å². The summed E-state index contributed by atoms with van der Waals surface area (Å²) in [7, 11) is 0. The van der Waals surface area contributed by atoms with Crippen LogP contribution in [0.15, 0.2) is 28.4 Å². The number of pyridine rings is 1. The molecular formula is C11H11N5OS. The van der Waals surface area contributed by atoms with Gasteiger partial charge in [-0.25, -0.2) is 4.68 Å². The average Bonchev–Trinajstić information content (AvgIpc) is 3.11. The van der Waals surface area contributed by atoms with Crippen molar-refractivity contribution in [3.63, 3.8) is 0 Å². The van der Waals surface area contributed by atoms with Gasteiger partial charge in [0.05, 0.1) is 6.04 Å². The van der Waals surface area contributed by atoms with E-state index in [1.165, 1.54) is 18.7 Å². The van der Waals surface area contributed by atoms with E-state index in [9.17, 15) is 4.79 Å². The topological polar surface area (TPSA) is 73.6 Å². The average molecular weight is 261 g/mol. The third-order valence-electron chi connectivity index (χ3n) is 2.66. The molecule has 0 amide bonds. The number of carbonyl (C=O) groups excluding carboxylic acids is 1. The van der Waals surface area contributed by atoms with Crippen LogP contribution in [0, 0.1) is 0 Å². The first kappa shape index (κ1) is 11.3. The number of hydrogen-bond donors (Lipinski definition) is 0. The standard InChI is InChI=1S/C11H11N5OS/c1-7(17)10-5-4-9(6-12-10)18-11-13-14-15-16(11)8-2-3-8/h4-6,8H,2-3H2,1H3. The molecule has 2 aromatic heterocycles. The summed E-state index contributed by atoms with van der Waals surface area (Å²) in [6, 6.07) is 4.03. The second kappa shape index (κ2) is 4.49. The Morgan fingerprint density at radius 3 is 2.89 bits per heavy atom. The zero-order valence-corrected chi connectivity index (χ0v) is 10.6. The molecule has 1 aliphatic rings. The lowest BCUT2D eigenvalue weighted by Crippen LogP contribution is -1.99. The Kier molecular flexibility index (Phi) is 2.83. The van der Waals surface area contributed by atoms with Crippen molar-refractivity contribution in [3.8, 4) is 0 Å². The molecule has 0 saturated heterocycles. The Bertz CT molecular complexity index is 575. The van der Waals surface area contributed by atoms with Crippen molar-refractivity contribution in [1.82, 2.24) is 25.2 Å². The van der Waals surface area contributed by atoms with E-state index in [1.807, 2.05) is 10.7 Å². The monoisotopic (exact) mass is 261 g/mol. The molecule has 92 valence electrons. The van der Waals surface area contributed by atoms with Gasteiger partial charge < -0.3 is 0 Å². The summed E-state index contributed by atoms with van der Waals surface area (Å²) in [6.07, 6.45) is 3.95. The summed E-state index contributed by atoms with van der Waals surface area (Å²) in [5, 5.41) is 12.4. The Morgan fingerprint density at radius 2 is 2.28 bits per heavy atom.